The number of hydrogen-bond donors (Lipinski definition) is 1. The molecule has 0 radical (unpaired) electrons. The smallest absolute Gasteiger partial charge is 0.151 e. The Morgan fingerprint density at radius 3 is 2.14 bits per heavy atom. The molecule has 21 heavy (non-hydrogen) atoms. The first-order chi connectivity index (χ1) is 10.3. The van der Waals surface area contributed by atoms with Gasteiger partial charge in [-0.1, -0.05) is 0 Å². The van der Waals surface area contributed by atoms with Gasteiger partial charge in [-0.15, -0.1) is 5.10 Å². The Balaban J connectivity index is 1.62. The maximum absolute atomic E-state index is 12.9. The van der Waals surface area contributed by atoms with Crippen molar-refractivity contribution in [2.75, 3.05) is 36.0 Å². The lowest BCUT2D eigenvalue weighted by molar-refractivity contribution is 0.623. The van der Waals surface area contributed by atoms with Gasteiger partial charge in [0.05, 0.1) is 5.69 Å². The topological polar surface area (TPSA) is 58.3 Å². The molecule has 6 heteroatoms. The largest absolute Gasteiger partial charge is 0.368 e. The summed E-state index contributed by atoms with van der Waals surface area (Å²) >= 11 is 0. The molecule has 0 spiro atoms. The van der Waals surface area contributed by atoms with Crippen LogP contribution in [-0.2, 0) is 6.54 Å². The van der Waals surface area contributed by atoms with Crippen molar-refractivity contribution in [2.45, 2.75) is 6.54 Å². The number of halogens is 1. The number of piperazine rings is 1. The van der Waals surface area contributed by atoms with Gasteiger partial charge in [-0.3, -0.25) is 0 Å². The number of rotatable bonds is 3. The average Bonchev–Trinajstić information content (AvgIpc) is 2.56. The van der Waals surface area contributed by atoms with E-state index in [1.807, 2.05) is 24.3 Å². The van der Waals surface area contributed by atoms with Crippen molar-refractivity contribution in [3.05, 3.63) is 47.9 Å². The number of aromatic nitrogens is 2. The highest BCUT2D eigenvalue weighted by Gasteiger charge is 2.18. The zero-order valence-electron chi connectivity index (χ0n) is 11.7. The molecule has 1 fully saturated rings. The second-order valence-electron chi connectivity index (χ2n) is 5.04. The molecule has 2 N–H and O–H groups in total. The van der Waals surface area contributed by atoms with Gasteiger partial charge >= 0.3 is 0 Å². The lowest BCUT2D eigenvalue weighted by Gasteiger charge is -2.36. The van der Waals surface area contributed by atoms with E-state index in [-0.39, 0.29) is 5.82 Å². The van der Waals surface area contributed by atoms with E-state index in [1.54, 1.807) is 0 Å². The molecule has 0 aliphatic carbocycles. The second kappa shape index (κ2) is 6.05. The van der Waals surface area contributed by atoms with E-state index in [4.69, 9.17) is 5.73 Å². The van der Waals surface area contributed by atoms with Gasteiger partial charge in [0.2, 0.25) is 0 Å². The molecule has 0 unspecified atom stereocenters. The molecular weight excluding hydrogens is 269 g/mol. The third-order valence-corrected chi connectivity index (χ3v) is 3.71. The predicted octanol–water partition coefficient (Wildman–Crippen LogP) is 1.40. The summed E-state index contributed by atoms with van der Waals surface area (Å²) < 4.78 is 12.9. The molecule has 5 nitrogen and oxygen atoms in total. The van der Waals surface area contributed by atoms with Crippen LogP contribution < -0.4 is 15.5 Å². The van der Waals surface area contributed by atoms with Crippen molar-refractivity contribution in [1.82, 2.24) is 10.2 Å². The third kappa shape index (κ3) is 3.11. The van der Waals surface area contributed by atoms with Crippen molar-refractivity contribution in [3.8, 4) is 0 Å². The van der Waals surface area contributed by atoms with Gasteiger partial charge in [0.15, 0.2) is 5.82 Å². The Labute approximate surface area is 123 Å². The number of benzene rings is 1. The zero-order chi connectivity index (χ0) is 14.7. The highest BCUT2D eigenvalue weighted by Crippen LogP contribution is 2.19. The Kier molecular flexibility index (Phi) is 3.96. The minimum Gasteiger partial charge on any atom is -0.368 e. The Hall–Kier alpha value is -2.21. The van der Waals surface area contributed by atoms with Crippen LogP contribution in [0.4, 0.5) is 15.9 Å². The van der Waals surface area contributed by atoms with E-state index in [2.05, 4.69) is 20.0 Å². The molecular formula is C15H18FN5. The van der Waals surface area contributed by atoms with Crippen LogP contribution >= 0.6 is 0 Å². The van der Waals surface area contributed by atoms with Crippen LogP contribution in [0.2, 0.25) is 0 Å². The standard InChI is InChI=1S/C15H18FN5/c16-12-1-4-14(5-2-12)20-7-9-21(10-8-20)15-6-3-13(11-17)18-19-15/h1-6H,7-11,17H2. The van der Waals surface area contributed by atoms with E-state index in [9.17, 15) is 4.39 Å². The highest BCUT2D eigenvalue weighted by molar-refractivity contribution is 5.49. The highest BCUT2D eigenvalue weighted by atomic mass is 19.1. The molecule has 0 amide bonds. The van der Waals surface area contributed by atoms with Crippen molar-refractivity contribution in [1.29, 1.82) is 0 Å². The van der Waals surface area contributed by atoms with Gasteiger partial charge in [0.1, 0.15) is 5.82 Å². The Bertz CT molecular complexity index is 576. The van der Waals surface area contributed by atoms with Crippen LogP contribution in [0, 0.1) is 5.82 Å². The van der Waals surface area contributed by atoms with Gasteiger partial charge in [-0.2, -0.15) is 5.10 Å². The molecule has 0 bridgehead atoms. The van der Waals surface area contributed by atoms with Crippen LogP contribution in [-0.4, -0.2) is 36.4 Å². The minimum atomic E-state index is -0.201. The molecule has 1 aliphatic heterocycles. The molecule has 3 rings (SSSR count). The maximum atomic E-state index is 12.9. The summed E-state index contributed by atoms with van der Waals surface area (Å²) in [5.41, 5.74) is 7.37. The number of nitrogens with two attached hydrogens (primary N) is 1. The summed E-state index contributed by atoms with van der Waals surface area (Å²) in [5, 5.41) is 8.30. The van der Waals surface area contributed by atoms with E-state index < -0.39 is 0 Å². The molecule has 1 saturated heterocycles. The van der Waals surface area contributed by atoms with Crippen molar-refractivity contribution in [2.24, 2.45) is 5.73 Å². The van der Waals surface area contributed by atoms with Crippen LogP contribution in [0.15, 0.2) is 36.4 Å². The van der Waals surface area contributed by atoms with Crippen molar-refractivity contribution < 1.29 is 4.39 Å². The summed E-state index contributed by atoms with van der Waals surface area (Å²) in [7, 11) is 0. The van der Waals surface area contributed by atoms with Crippen LogP contribution in [0.3, 0.4) is 0 Å². The summed E-state index contributed by atoms with van der Waals surface area (Å²) in [6.45, 7) is 3.91. The normalized spacial score (nSPS) is 15.3. The number of anilines is 2. The Morgan fingerprint density at radius 1 is 0.905 bits per heavy atom. The number of hydrogen-bond acceptors (Lipinski definition) is 5. The summed E-state index contributed by atoms with van der Waals surface area (Å²) in [5.74, 6) is 0.679. The van der Waals surface area contributed by atoms with Gasteiger partial charge in [-0.25, -0.2) is 4.39 Å². The summed E-state index contributed by atoms with van der Waals surface area (Å²) in [4.78, 5) is 4.45. The van der Waals surface area contributed by atoms with Crippen LogP contribution in [0.5, 0.6) is 0 Å². The van der Waals surface area contributed by atoms with Gasteiger partial charge in [0, 0.05) is 38.4 Å². The fraction of sp³-hybridized carbons (Fsp3) is 0.333. The number of nitrogens with zero attached hydrogens (tertiary/aromatic N) is 4. The monoisotopic (exact) mass is 287 g/mol. The molecule has 2 aromatic rings. The fourth-order valence-electron chi connectivity index (χ4n) is 2.48. The van der Waals surface area contributed by atoms with Crippen LogP contribution in [0.25, 0.3) is 0 Å². The Morgan fingerprint density at radius 2 is 1.57 bits per heavy atom. The molecule has 0 atom stereocenters. The van der Waals surface area contributed by atoms with Gasteiger partial charge in [-0.05, 0) is 36.4 Å². The molecule has 0 saturated carbocycles. The van der Waals surface area contributed by atoms with Crippen molar-refractivity contribution in [3.63, 3.8) is 0 Å². The van der Waals surface area contributed by atoms with E-state index in [0.29, 0.717) is 6.54 Å². The molecule has 1 aromatic carbocycles. The first-order valence-electron chi connectivity index (χ1n) is 7.04. The van der Waals surface area contributed by atoms with E-state index in [1.165, 1.54) is 12.1 Å². The van der Waals surface area contributed by atoms with Gasteiger partial charge < -0.3 is 15.5 Å². The molecule has 2 heterocycles. The predicted molar refractivity (Wildman–Crippen MR) is 80.7 cm³/mol. The average molecular weight is 287 g/mol. The lowest BCUT2D eigenvalue weighted by Crippen LogP contribution is -2.46. The summed E-state index contributed by atoms with van der Waals surface area (Å²) in [6, 6.07) is 10.5. The molecule has 110 valence electrons. The zero-order valence-corrected chi connectivity index (χ0v) is 11.7. The minimum absolute atomic E-state index is 0.201. The molecule has 1 aliphatic rings. The third-order valence-electron chi connectivity index (χ3n) is 3.71. The van der Waals surface area contributed by atoms with Crippen LogP contribution in [0.1, 0.15) is 5.69 Å². The van der Waals surface area contributed by atoms with Crippen molar-refractivity contribution >= 4 is 11.5 Å². The van der Waals surface area contributed by atoms with Gasteiger partial charge in [0.25, 0.3) is 0 Å². The second-order valence-corrected chi connectivity index (χ2v) is 5.04. The van der Waals surface area contributed by atoms with E-state index >= 15 is 0 Å². The summed E-state index contributed by atoms with van der Waals surface area (Å²) in [6.07, 6.45) is 0. The van der Waals surface area contributed by atoms with E-state index in [0.717, 1.165) is 43.4 Å². The molecule has 1 aromatic heterocycles. The fourth-order valence-corrected chi connectivity index (χ4v) is 2.48. The quantitative estimate of drug-likeness (QED) is 0.925. The first kappa shape index (κ1) is 13.8. The SMILES string of the molecule is NCc1ccc(N2CCN(c3ccc(F)cc3)CC2)nn1. The first-order valence-corrected chi connectivity index (χ1v) is 7.04. The lowest BCUT2D eigenvalue weighted by atomic mass is 10.2. The maximum Gasteiger partial charge on any atom is 0.151 e.